The van der Waals surface area contributed by atoms with E-state index in [9.17, 15) is 9.59 Å². The molecule has 0 atom stereocenters. The second-order valence-electron chi connectivity index (χ2n) is 4.98. The molecule has 0 spiro atoms. The van der Waals surface area contributed by atoms with Gasteiger partial charge in [0.2, 0.25) is 5.91 Å². The zero-order chi connectivity index (χ0) is 15.1. The van der Waals surface area contributed by atoms with Crippen LogP contribution in [-0.2, 0) is 16.1 Å². The normalized spacial score (nSPS) is 16.7. The minimum atomic E-state index is -0.870. The first-order chi connectivity index (χ1) is 10.1. The van der Waals surface area contributed by atoms with Gasteiger partial charge in [-0.25, -0.2) is 0 Å². The van der Waals surface area contributed by atoms with Crippen LogP contribution in [0, 0.1) is 0 Å². The molecule has 1 aromatic rings. The highest BCUT2D eigenvalue weighted by Crippen LogP contribution is 2.14. The Labute approximate surface area is 132 Å². The summed E-state index contributed by atoms with van der Waals surface area (Å²) < 4.78 is 0. The number of carbonyl (C=O) groups is 2. The Morgan fingerprint density at radius 2 is 2.10 bits per heavy atom. The minimum Gasteiger partial charge on any atom is -0.481 e. The zero-order valence-corrected chi connectivity index (χ0v) is 13.5. The van der Waals surface area contributed by atoms with E-state index in [1.165, 1.54) is 16.6 Å². The van der Waals surface area contributed by atoms with Crippen molar-refractivity contribution in [1.82, 2.24) is 9.80 Å². The van der Waals surface area contributed by atoms with E-state index in [1.54, 1.807) is 11.3 Å². The van der Waals surface area contributed by atoms with Gasteiger partial charge in [-0.05, 0) is 17.9 Å². The first-order valence-corrected chi connectivity index (χ1v) is 9.00. The van der Waals surface area contributed by atoms with Gasteiger partial charge in [-0.1, -0.05) is 6.07 Å². The van der Waals surface area contributed by atoms with Gasteiger partial charge in [-0.15, -0.1) is 23.1 Å². The van der Waals surface area contributed by atoms with Crippen molar-refractivity contribution >= 4 is 35.0 Å². The highest BCUT2D eigenvalue weighted by Gasteiger charge is 2.19. The van der Waals surface area contributed by atoms with Crippen LogP contribution in [0.15, 0.2) is 17.5 Å². The lowest BCUT2D eigenvalue weighted by atomic mass is 10.3. The largest absolute Gasteiger partial charge is 0.481 e. The number of nitrogens with zero attached hydrogens (tertiary/aromatic N) is 2. The fourth-order valence-corrected chi connectivity index (χ4v) is 3.70. The molecule has 116 valence electrons. The van der Waals surface area contributed by atoms with Gasteiger partial charge in [0.25, 0.3) is 0 Å². The molecule has 0 saturated carbocycles. The molecule has 0 aromatic carbocycles. The number of carboxylic acids is 1. The smallest absolute Gasteiger partial charge is 0.313 e. The Bertz CT molecular complexity index is 465. The third-order valence-corrected chi connectivity index (χ3v) is 5.12. The van der Waals surface area contributed by atoms with Gasteiger partial charge >= 0.3 is 5.97 Å². The number of hydrogen-bond donors (Lipinski definition) is 1. The Balaban J connectivity index is 1.74. The van der Waals surface area contributed by atoms with Gasteiger partial charge in [-0.2, -0.15) is 0 Å². The van der Waals surface area contributed by atoms with Crippen molar-refractivity contribution in [3.63, 3.8) is 0 Å². The summed E-state index contributed by atoms with van der Waals surface area (Å²) in [5.74, 6) is -0.564. The van der Waals surface area contributed by atoms with E-state index >= 15 is 0 Å². The van der Waals surface area contributed by atoms with E-state index in [2.05, 4.69) is 22.4 Å². The minimum absolute atomic E-state index is 0.00984. The third-order valence-electron chi connectivity index (χ3n) is 3.35. The van der Waals surface area contributed by atoms with Gasteiger partial charge in [0.05, 0.1) is 11.5 Å². The van der Waals surface area contributed by atoms with Crippen LogP contribution in [0.3, 0.4) is 0 Å². The standard InChI is InChI=1S/C14H20N2O3S2/c17-13(10-20-11-14(18)19)16-5-2-4-15(6-7-16)9-12-3-1-8-21-12/h1,3,8H,2,4-7,9-11H2,(H,18,19). The maximum Gasteiger partial charge on any atom is 0.313 e. The lowest BCUT2D eigenvalue weighted by molar-refractivity contribution is -0.133. The first kappa shape index (κ1) is 16.3. The molecule has 1 amide bonds. The maximum atomic E-state index is 12.1. The molecule has 0 unspecified atom stereocenters. The topological polar surface area (TPSA) is 60.9 Å². The van der Waals surface area contributed by atoms with E-state index in [-0.39, 0.29) is 17.4 Å². The number of thioether (sulfide) groups is 1. The molecule has 1 N–H and O–H groups in total. The van der Waals surface area contributed by atoms with E-state index in [0.29, 0.717) is 0 Å². The number of thiophene rings is 1. The van der Waals surface area contributed by atoms with Crippen molar-refractivity contribution in [3.8, 4) is 0 Å². The molecule has 2 rings (SSSR count). The quantitative estimate of drug-likeness (QED) is 0.859. The van der Waals surface area contributed by atoms with E-state index < -0.39 is 5.97 Å². The third kappa shape index (κ3) is 5.68. The molecular formula is C14H20N2O3S2. The predicted octanol–water partition coefficient (Wildman–Crippen LogP) is 1.60. The van der Waals surface area contributed by atoms with Crippen LogP contribution < -0.4 is 0 Å². The van der Waals surface area contributed by atoms with E-state index in [4.69, 9.17) is 5.11 Å². The van der Waals surface area contributed by atoms with Gasteiger partial charge < -0.3 is 10.0 Å². The lowest BCUT2D eigenvalue weighted by Crippen LogP contribution is -2.36. The molecule has 1 aliphatic rings. The highest BCUT2D eigenvalue weighted by atomic mass is 32.2. The number of aliphatic carboxylic acids is 1. The second kappa shape index (κ2) is 8.41. The molecule has 0 bridgehead atoms. The summed E-state index contributed by atoms with van der Waals surface area (Å²) in [6.07, 6.45) is 0.973. The molecule has 2 heterocycles. The van der Waals surface area contributed by atoms with Crippen LogP contribution in [0.5, 0.6) is 0 Å². The number of rotatable bonds is 6. The van der Waals surface area contributed by atoms with Crippen molar-refractivity contribution in [3.05, 3.63) is 22.4 Å². The van der Waals surface area contributed by atoms with Crippen molar-refractivity contribution < 1.29 is 14.7 Å². The van der Waals surface area contributed by atoms with Crippen molar-refractivity contribution in [2.24, 2.45) is 0 Å². The average Bonchev–Trinajstić information content (AvgIpc) is 2.83. The predicted molar refractivity (Wildman–Crippen MR) is 85.8 cm³/mol. The molecule has 0 radical (unpaired) electrons. The van der Waals surface area contributed by atoms with E-state index in [1.807, 2.05) is 4.90 Å². The Morgan fingerprint density at radius 1 is 1.24 bits per heavy atom. The Morgan fingerprint density at radius 3 is 2.81 bits per heavy atom. The number of carbonyl (C=O) groups excluding carboxylic acids is 1. The van der Waals surface area contributed by atoms with Crippen LogP contribution >= 0.6 is 23.1 Å². The summed E-state index contributed by atoms with van der Waals surface area (Å²) in [7, 11) is 0. The molecule has 1 fully saturated rings. The van der Waals surface area contributed by atoms with Crippen LogP contribution in [0.4, 0.5) is 0 Å². The summed E-state index contributed by atoms with van der Waals surface area (Å²) in [6, 6.07) is 4.20. The molecule has 1 saturated heterocycles. The summed E-state index contributed by atoms with van der Waals surface area (Å²) >= 11 is 2.93. The van der Waals surface area contributed by atoms with Crippen LogP contribution in [0.1, 0.15) is 11.3 Å². The second-order valence-corrected chi connectivity index (χ2v) is 6.99. The fraction of sp³-hybridized carbons (Fsp3) is 0.571. The Hall–Kier alpha value is -1.05. The van der Waals surface area contributed by atoms with Crippen LogP contribution in [0.2, 0.25) is 0 Å². The molecule has 5 nitrogen and oxygen atoms in total. The highest BCUT2D eigenvalue weighted by molar-refractivity contribution is 8.00. The van der Waals surface area contributed by atoms with Gasteiger partial charge in [-0.3, -0.25) is 14.5 Å². The van der Waals surface area contributed by atoms with Crippen LogP contribution in [-0.4, -0.2) is 64.5 Å². The SMILES string of the molecule is O=C(O)CSCC(=O)N1CCCN(Cc2cccs2)CC1. The Kier molecular flexibility index (Phi) is 6.53. The monoisotopic (exact) mass is 328 g/mol. The summed E-state index contributed by atoms with van der Waals surface area (Å²) in [6.45, 7) is 4.34. The number of carboxylic acid groups (broad SMARTS) is 1. The van der Waals surface area contributed by atoms with Crippen molar-refractivity contribution in [2.75, 3.05) is 37.7 Å². The average molecular weight is 328 g/mol. The maximum absolute atomic E-state index is 12.1. The zero-order valence-electron chi connectivity index (χ0n) is 11.9. The van der Waals surface area contributed by atoms with Gasteiger partial charge in [0.15, 0.2) is 0 Å². The number of amides is 1. The van der Waals surface area contributed by atoms with Gasteiger partial charge in [0, 0.05) is 37.6 Å². The summed E-state index contributed by atoms with van der Waals surface area (Å²) in [5.41, 5.74) is 0. The summed E-state index contributed by atoms with van der Waals surface area (Å²) in [5, 5.41) is 10.7. The molecule has 7 heteroatoms. The lowest BCUT2D eigenvalue weighted by Gasteiger charge is -2.21. The van der Waals surface area contributed by atoms with Crippen LogP contribution in [0.25, 0.3) is 0 Å². The molecule has 0 aliphatic carbocycles. The van der Waals surface area contributed by atoms with Gasteiger partial charge in [0.1, 0.15) is 0 Å². The summed E-state index contributed by atoms with van der Waals surface area (Å²) in [4.78, 5) is 28.1. The molecule has 21 heavy (non-hydrogen) atoms. The molecule has 1 aromatic heterocycles. The van der Waals surface area contributed by atoms with Crippen molar-refractivity contribution in [1.29, 1.82) is 0 Å². The number of hydrogen-bond acceptors (Lipinski definition) is 5. The molecular weight excluding hydrogens is 308 g/mol. The fourth-order valence-electron chi connectivity index (χ4n) is 2.32. The molecule has 1 aliphatic heterocycles. The van der Waals surface area contributed by atoms with Crippen molar-refractivity contribution in [2.45, 2.75) is 13.0 Å². The van der Waals surface area contributed by atoms with E-state index in [0.717, 1.165) is 39.1 Å². The first-order valence-electron chi connectivity index (χ1n) is 6.97.